The molecule has 0 aliphatic heterocycles. The first-order valence-electron chi connectivity index (χ1n) is 6.56. The molecule has 0 radical (unpaired) electrons. The molecule has 19 heavy (non-hydrogen) atoms. The van der Waals surface area contributed by atoms with Gasteiger partial charge in [0.05, 0.1) is 6.61 Å². The molecule has 4 heteroatoms. The van der Waals surface area contributed by atoms with Crippen LogP contribution in [0.15, 0.2) is 18.2 Å². The Balaban J connectivity index is 3.01. The summed E-state index contributed by atoms with van der Waals surface area (Å²) in [5, 5.41) is 0. The van der Waals surface area contributed by atoms with E-state index in [9.17, 15) is 4.79 Å². The summed E-state index contributed by atoms with van der Waals surface area (Å²) in [6, 6.07) is 5.64. The van der Waals surface area contributed by atoms with Crippen LogP contribution in [0, 0.1) is 12.3 Å². The van der Waals surface area contributed by atoms with Gasteiger partial charge in [-0.1, -0.05) is 31.5 Å². The normalized spacial score (nSPS) is 13.1. The van der Waals surface area contributed by atoms with Gasteiger partial charge < -0.3 is 16.2 Å². The molecular formula is C15H24N2O2. The zero-order chi connectivity index (χ0) is 14.6. The summed E-state index contributed by atoms with van der Waals surface area (Å²) in [6.45, 7) is 8.15. The smallest absolute Gasteiger partial charge is 0.223 e. The molecule has 4 nitrogen and oxygen atoms in total. The van der Waals surface area contributed by atoms with Crippen molar-refractivity contribution in [3.63, 3.8) is 0 Å². The Bertz CT molecular complexity index is 455. The van der Waals surface area contributed by atoms with Crippen molar-refractivity contribution in [3.05, 3.63) is 29.3 Å². The van der Waals surface area contributed by atoms with E-state index in [4.69, 9.17) is 16.2 Å². The Kier molecular flexibility index (Phi) is 4.95. The molecule has 1 unspecified atom stereocenters. The van der Waals surface area contributed by atoms with Crippen molar-refractivity contribution >= 4 is 5.91 Å². The van der Waals surface area contributed by atoms with Gasteiger partial charge in [0.1, 0.15) is 5.75 Å². The maximum Gasteiger partial charge on any atom is 0.223 e. The monoisotopic (exact) mass is 264 g/mol. The number of ether oxygens (including phenoxy) is 1. The highest BCUT2D eigenvalue weighted by Gasteiger charge is 2.29. The fraction of sp³-hybridized carbons (Fsp3) is 0.533. The van der Waals surface area contributed by atoms with Crippen molar-refractivity contribution in [3.8, 4) is 5.75 Å². The summed E-state index contributed by atoms with van der Waals surface area (Å²) in [5.74, 6) is 0.439. The zero-order valence-corrected chi connectivity index (χ0v) is 12.2. The van der Waals surface area contributed by atoms with Gasteiger partial charge in [-0.25, -0.2) is 0 Å². The van der Waals surface area contributed by atoms with Crippen LogP contribution in [-0.4, -0.2) is 12.5 Å². The van der Waals surface area contributed by atoms with E-state index >= 15 is 0 Å². The largest absolute Gasteiger partial charge is 0.494 e. The second-order valence-electron chi connectivity index (χ2n) is 5.53. The van der Waals surface area contributed by atoms with Crippen LogP contribution >= 0.6 is 0 Å². The first kappa shape index (κ1) is 15.5. The molecule has 106 valence electrons. The van der Waals surface area contributed by atoms with Crippen LogP contribution in [0.1, 0.15) is 44.4 Å². The van der Waals surface area contributed by atoms with Crippen LogP contribution in [-0.2, 0) is 4.79 Å². The van der Waals surface area contributed by atoms with Crippen LogP contribution in [0.2, 0.25) is 0 Å². The quantitative estimate of drug-likeness (QED) is 0.827. The van der Waals surface area contributed by atoms with E-state index in [1.165, 1.54) is 0 Å². The van der Waals surface area contributed by atoms with E-state index in [0.29, 0.717) is 13.0 Å². The Labute approximate surface area is 115 Å². The molecule has 4 N–H and O–H groups in total. The van der Waals surface area contributed by atoms with Crippen molar-refractivity contribution in [2.24, 2.45) is 16.9 Å². The Hall–Kier alpha value is -1.55. The van der Waals surface area contributed by atoms with E-state index in [2.05, 4.69) is 0 Å². The Morgan fingerprint density at radius 2 is 2.05 bits per heavy atom. The van der Waals surface area contributed by atoms with Gasteiger partial charge in [-0.2, -0.15) is 0 Å². The lowest BCUT2D eigenvalue weighted by molar-refractivity contribution is -0.126. The summed E-state index contributed by atoms with van der Waals surface area (Å²) in [6.07, 6.45) is 0.492. The minimum Gasteiger partial charge on any atom is -0.494 e. The summed E-state index contributed by atoms with van der Waals surface area (Å²) in [5.41, 5.74) is 13.0. The molecule has 0 bridgehead atoms. The topological polar surface area (TPSA) is 78.3 Å². The van der Waals surface area contributed by atoms with E-state index in [-0.39, 0.29) is 11.9 Å². The number of primary amides is 1. The minimum atomic E-state index is -0.632. The molecule has 1 rings (SSSR count). The average Bonchev–Trinajstić information content (AvgIpc) is 2.30. The van der Waals surface area contributed by atoms with Gasteiger partial charge in [-0.15, -0.1) is 0 Å². The van der Waals surface area contributed by atoms with Crippen molar-refractivity contribution in [2.45, 2.75) is 40.2 Å². The van der Waals surface area contributed by atoms with Crippen LogP contribution < -0.4 is 16.2 Å². The first-order chi connectivity index (χ1) is 8.77. The molecule has 0 spiro atoms. The molecule has 0 fully saturated rings. The second-order valence-corrected chi connectivity index (χ2v) is 5.53. The molecule has 1 aromatic rings. The van der Waals surface area contributed by atoms with Crippen LogP contribution in [0.25, 0.3) is 0 Å². The molecular weight excluding hydrogens is 240 g/mol. The molecule has 0 heterocycles. The van der Waals surface area contributed by atoms with Gasteiger partial charge in [0.25, 0.3) is 0 Å². The zero-order valence-electron chi connectivity index (χ0n) is 12.2. The molecule has 1 amide bonds. The van der Waals surface area contributed by atoms with Gasteiger partial charge in [-0.3, -0.25) is 4.79 Å². The van der Waals surface area contributed by atoms with Crippen molar-refractivity contribution < 1.29 is 9.53 Å². The number of benzene rings is 1. The van der Waals surface area contributed by atoms with Gasteiger partial charge in [-0.05, 0) is 26.3 Å². The molecule has 1 atom stereocenters. The average molecular weight is 264 g/mol. The third-order valence-electron chi connectivity index (χ3n) is 3.26. The lowest BCUT2D eigenvalue weighted by atomic mass is 9.83. The maximum atomic E-state index is 11.4. The Morgan fingerprint density at radius 1 is 1.42 bits per heavy atom. The van der Waals surface area contributed by atoms with Crippen molar-refractivity contribution in [2.75, 3.05) is 6.61 Å². The van der Waals surface area contributed by atoms with E-state index in [1.807, 2.05) is 45.9 Å². The number of amides is 1. The lowest BCUT2D eigenvalue weighted by Crippen LogP contribution is -2.34. The van der Waals surface area contributed by atoms with Crippen LogP contribution in [0.5, 0.6) is 5.75 Å². The number of nitrogens with two attached hydrogens (primary N) is 2. The summed E-state index contributed by atoms with van der Waals surface area (Å²) >= 11 is 0. The molecule has 0 saturated heterocycles. The van der Waals surface area contributed by atoms with Gasteiger partial charge in [0.15, 0.2) is 0 Å². The van der Waals surface area contributed by atoms with Crippen LogP contribution in [0.4, 0.5) is 0 Å². The number of carbonyl (C=O) groups is 1. The fourth-order valence-electron chi connectivity index (χ4n) is 2.00. The lowest BCUT2D eigenvalue weighted by Gasteiger charge is -2.26. The molecule has 0 saturated carbocycles. The molecule has 0 aromatic heterocycles. The Morgan fingerprint density at radius 3 is 2.58 bits per heavy atom. The molecule has 0 aliphatic rings. The van der Waals surface area contributed by atoms with E-state index in [1.54, 1.807) is 0 Å². The third-order valence-corrected chi connectivity index (χ3v) is 3.26. The van der Waals surface area contributed by atoms with Crippen molar-refractivity contribution in [1.29, 1.82) is 0 Å². The number of hydrogen-bond acceptors (Lipinski definition) is 3. The summed E-state index contributed by atoms with van der Waals surface area (Å²) in [7, 11) is 0. The fourth-order valence-corrected chi connectivity index (χ4v) is 2.00. The predicted molar refractivity (Wildman–Crippen MR) is 76.9 cm³/mol. The highest BCUT2D eigenvalue weighted by atomic mass is 16.5. The third kappa shape index (κ3) is 3.96. The number of aryl methyl sites for hydroxylation is 1. The standard InChI is InChI=1S/C15H24N2O2/c1-5-19-13-7-6-10(2)8-11(13)12(16)9-15(3,4)14(17)18/h6-8,12H,5,9,16H2,1-4H3,(H2,17,18). The number of rotatable bonds is 6. The highest BCUT2D eigenvalue weighted by molar-refractivity contribution is 5.80. The van der Waals surface area contributed by atoms with Crippen LogP contribution in [0.3, 0.4) is 0 Å². The summed E-state index contributed by atoms with van der Waals surface area (Å²) in [4.78, 5) is 11.4. The number of hydrogen-bond donors (Lipinski definition) is 2. The second kappa shape index (κ2) is 6.06. The maximum absolute atomic E-state index is 11.4. The highest BCUT2D eigenvalue weighted by Crippen LogP contribution is 2.33. The van der Waals surface area contributed by atoms with E-state index < -0.39 is 5.41 Å². The van der Waals surface area contributed by atoms with Gasteiger partial charge in [0.2, 0.25) is 5.91 Å². The SMILES string of the molecule is CCOc1ccc(C)cc1C(N)CC(C)(C)C(N)=O. The van der Waals surface area contributed by atoms with E-state index in [0.717, 1.165) is 16.9 Å². The van der Waals surface area contributed by atoms with Gasteiger partial charge >= 0.3 is 0 Å². The van der Waals surface area contributed by atoms with Crippen molar-refractivity contribution in [1.82, 2.24) is 0 Å². The van der Waals surface area contributed by atoms with Gasteiger partial charge in [0, 0.05) is 17.0 Å². The molecule has 0 aliphatic carbocycles. The minimum absolute atomic E-state index is 0.274. The number of carbonyl (C=O) groups excluding carboxylic acids is 1. The predicted octanol–water partition coefficient (Wildman–Crippen LogP) is 2.30. The first-order valence-corrected chi connectivity index (χ1v) is 6.56. The summed E-state index contributed by atoms with van der Waals surface area (Å²) < 4.78 is 5.59. The molecule has 1 aromatic carbocycles.